The fourth-order valence-corrected chi connectivity index (χ4v) is 3.58. The molecule has 1 heterocycles. The first-order valence-electron chi connectivity index (χ1n) is 9.00. The first-order valence-corrected chi connectivity index (χ1v) is 9.38. The Morgan fingerprint density at radius 2 is 1.96 bits per heavy atom. The Morgan fingerprint density at radius 3 is 2.74 bits per heavy atom. The molecule has 138 valence electrons. The van der Waals surface area contributed by atoms with Gasteiger partial charge in [0.2, 0.25) is 0 Å². The number of ether oxygens (including phenoxy) is 2. The highest BCUT2D eigenvalue weighted by Crippen LogP contribution is 2.41. The van der Waals surface area contributed by atoms with E-state index in [0.29, 0.717) is 18.2 Å². The lowest BCUT2D eigenvalue weighted by atomic mass is 9.93. The second-order valence-corrected chi connectivity index (χ2v) is 6.79. The Hall–Kier alpha value is -2.56. The average molecular weight is 381 g/mol. The highest BCUT2D eigenvalue weighted by Gasteiger charge is 2.21. The van der Waals surface area contributed by atoms with Crippen LogP contribution in [0.25, 0.3) is 21.9 Å². The lowest BCUT2D eigenvalue weighted by Gasteiger charge is -2.19. The molecule has 0 unspecified atom stereocenters. The van der Waals surface area contributed by atoms with Gasteiger partial charge in [0.1, 0.15) is 18.2 Å². The van der Waals surface area contributed by atoms with Crippen molar-refractivity contribution in [1.82, 2.24) is 5.32 Å². The van der Waals surface area contributed by atoms with Crippen molar-refractivity contribution in [2.24, 2.45) is 4.99 Å². The number of hydrogen-bond acceptors (Lipinski definition) is 4. The van der Waals surface area contributed by atoms with Crippen molar-refractivity contribution < 1.29 is 9.47 Å². The van der Waals surface area contributed by atoms with Crippen LogP contribution in [0.2, 0.25) is 5.02 Å². The summed E-state index contributed by atoms with van der Waals surface area (Å²) >= 11 is 6.30. The van der Waals surface area contributed by atoms with Gasteiger partial charge in [0.25, 0.3) is 0 Å². The summed E-state index contributed by atoms with van der Waals surface area (Å²) < 4.78 is 11.4. The Kier molecular flexibility index (Phi) is 5.28. The van der Waals surface area contributed by atoms with Crippen LogP contribution >= 0.6 is 11.6 Å². The van der Waals surface area contributed by atoms with Gasteiger partial charge < -0.3 is 14.8 Å². The summed E-state index contributed by atoms with van der Waals surface area (Å²) in [6.07, 6.45) is 0. The molecule has 0 fully saturated rings. The molecular formula is C22H21ClN2O2. The van der Waals surface area contributed by atoms with Crippen LogP contribution in [0.15, 0.2) is 59.6 Å². The van der Waals surface area contributed by atoms with Crippen LogP contribution in [-0.4, -0.2) is 39.2 Å². The zero-order valence-corrected chi connectivity index (χ0v) is 15.9. The second-order valence-electron chi connectivity index (χ2n) is 6.36. The van der Waals surface area contributed by atoms with Crippen LogP contribution in [0.5, 0.6) is 5.75 Å². The maximum atomic E-state index is 6.30. The molecule has 1 N–H and O–H groups in total. The minimum Gasteiger partial charge on any atom is -0.490 e. The molecule has 0 saturated carbocycles. The zero-order chi connectivity index (χ0) is 18.6. The molecule has 4 nitrogen and oxygen atoms in total. The van der Waals surface area contributed by atoms with Gasteiger partial charge in [0, 0.05) is 24.2 Å². The molecular weight excluding hydrogens is 360 g/mol. The van der Waals surface area contributed by atoms with Gasteiger partial charge in [-0.15, -0.1) is 0 Å². The second kappa shape index (κ2) is 7.99. The van der Waals surface area contributed by atoms with Crippen LogP contribution in [0.4, 0.5) is 0 Å². The Labute approximate surface area is 163 Å². The molecule has 0 amide bonds. The van der Waals surface area contributed by atoms with Gasteiger partial charge in [-0.25, -0.2) is 0 Å². The third-order valence-corrected chi connectivity index (χ3v) is 4.81. The molecule has 3 aromatic carbocycles. The van der Waals surface area contributed by atoms with Gasteiger partial charge in [0.05, 0.1) is 18.7 Å². The van der Waals surface area contributed by atoms with E-state index in [0.717, 1.165) is 52.1 Å². The molecule has 5 heteroatoms. The van der Waals surface area contributed by atoms with Crippen molar-refractivity contribution >= 4 is 28.2 Å². The van der Waals surface area contributed by atoms with Crippen LogP contribution < -0.4 is 10.1 Å². The van der Waals surface area contributed by atoms with E-state index in [9.17, 15) is 0 Å². The number of nitrogens with zero attached hydrogens (tertiary/aromatic N) is 1. The van der Waals surface area contributed by atoms with E-state index in [1.807, 2.05) is 30.3 Å². The molecule has 0 atom stereocenters. The maximum absolute atomic E-state index is 6.30. The van der Waals surface area contributed by atoms with Crippen molar-refractivity contribution in [2.75, 3.05) is 33.4 Å². The highest BCUT2D eigenvalue weighted by atomic mass is 35.5. The first kappa shape index (κ1) is 17.8. The van der Waals surface area contributed by atoms with Crippen molar-refractivity contribution in [1.29, 1.82) is 0 Å². The molecule has 0 aliphatic carbocycles. The van der Waals surface area contributed by atoms with Crippen LogP contribution in [0, 0.1) is 0 Å². The van der Waals surface area contributed by atoms with Crippen LogP contribution in [-0.2, 0) is 4.74 Å². The van der Waals surface area contributed by atoms with Crippen molar-refractivity contribution in [2.45, 2.75) is 0 Å². The number of halogens is 1. The molecule has 1 aliphatic heterocycles. The smallest absolute Gasteiger partial charge is 0.138 e. The quantitative estimate of drug-likeness (QED) is 0.638. The average Bonchev–Trinajstić information content (AvgIpc) is 3.22. The predicted molar refractivity (Wildman–Crippen MR) is 111 cm³/mol. The zero-order valence-electron chi connectivity index (χ0n) is 15.2. The lowest BCUT2D eigenvalue weighted by Crippen LogP contribution is -2.21. The number of aliphatic imine (C=N–C) groups is 1. The van der Waals surface area contributed by atoms with Gasteiger partial charge >= 0.3 is 0 Å². The molecule has 27 heavy (non-hydrogen) atoms. The van der Waals surface area contributed by atoms with Crippen molar-refractivity contribution in [3.8, 4) is 16.9 Å². The largest absolute Gasteiger partial charge is 0.490 e. The lowest BCUT2D eigenvalue weighted by molar-refractivity contribution is 0.146. The third-order valence-electron chi connectivity index (χ3n) is 4.58. The third kappa shape index (κ3) is 3.64. The molecule has 3 aromatic rings. The minimum atomic E-state index is 0.461. The maximum Gasteiger partial charge on any atom is 0.138 e. The molecule has 4 rings (SSSR count). The summed E-state index contributed by atoms with van der Waals surface area (Å²) in [6, 6.07) is 18.3. The van der Waals surface area contributed by atoms with E-state index in [4.69, 9.17) is 21.1 Å². The van der Waals surface area contributed by atoms with E-state index >= 15 is 0 Å². The summed E-state index contributed by atoms with van der Waals surface area (Å²) in [7, 11) is 1.67. The van der Waals surface area contributed by atoms with E-state index < -0.39 is 0 Å². The topological polar surface area (TPSA) is 42.9 Å². The number of nitrogens with one attached hydrogen (secondary N) is 1. The number of fused-ring (bicyclic) bond motifs is 1. The molecule has 0 saturated heterocycles. The number of hydrogen-bond donors (Lipinski definition) is 1. The Bertz CT molecular complexity index is 1000. The molecule has 0 aromatic heterocycles. The fourth-order valence-electron chi connectivity index (χ4n) is 3.39. The molecule has 0 radical (unpaired) electrons. The summed E-state index contributed by atoms with van der Waals surface area (Å²) in [5, 5.41) is 6.32. The SMILES string of the molecule is COCCOc1c(C2=NCCN2)cc2ccccc2c1-c1cccc(Cl)c1. The minimum absolute atomic E-state index is 0.461. The van der Waals surface area contributed by atoms with E-state index in [2.05, 4.69) is 34.6 Å². The standard InChI is InChI=1S/C22H21ClN2O2/c1-26-11-12-27-21-19(22-24-9-10-25-22)14-15-5-2-3-8-18(15)20(21)16-6-4-7-17(23)13-16/h2-8,13-14H,9-12H2,1H3,(H,24,25). The van der Waals surface area contributed by atoms with E-state index in [-0.39, 0.29) is 0 Å². The highest BCUT2D eigenvalue weighted by molar-refractivity contribution is 6.31. The summed E-state index contributed by atoms with van der Waals surface area (Å²) in [6.45, 7) is 2.59. The van der Waals surface area contributed by atoms with Crippen molar-refractivity contribution in [3.05, 3.63) is 65.2 Å². The number of methoxy groups -OCH3 is 1. The fraction of sp³-hybridized carbons (Fsp3) is 0.227. The van der Waals surface area contributed by atoms with Gasteiger partial charge in [-0.1, -0.05) is 48.0 Å². The summed E-state index contributed by atoms with van der Waals surface area (Å²) in [5.41, 5.74) is 3.02. The Balaban J connectivity index is 1.99. The van der Waals surface area contributed by atoms with E-state index in [1.54, 1.807) is 7.11 Å². The van der Waals surface area contributed by atoms with Crippen LogP contribution in [0.1, 0.15) is 5.56 Å². The molecule has 0 bridgehead atoms. The number of benzene rings is 3. The molecule has 1 aliphatic rings. The molecule has 0 spiro atoms. The summed E-state index contributed by atoms with van der Waals surface area (Å²) in [4.78, 5) is 4.62. The van der Waals surface area contributed by atoms with Gasteiger partial charge in [-0.3, -0.25) is 4.99 Å². The normalized spacial score (nSPS) is 13.5. The van der Waals surface area contributed by atoms with E-state index in [1.165, 1.54) is 0 Å². The van der Waals surface area contributed by atoms with Crippen molar-refractivity contribution in [3.63, 3.8) is 0 Å². The van der Waals surface area contributed by atoms with Gasteiger partial charge in [-0.2, -0.15) is 0 Å². The van der Waals surface area contributed by atoms with Gasteiger partial charge in [-0.05, 0) is 34.5 Å². The Morgan fingerprint density at radius 1 is 1.07 bits per heavy atom. The first-order chi connectivity index (χ1) is 13.3. The predicted octanol–water partition coefficient (Wildman–Crippen LogP) is 4.54. The number of amidine groups is 1. The van der Waals surface area contributed by atoms with Gasteiger partial charge in [0.15, 0.2) is 0 Å². The van der Waals surface area contributed by atoms with Crippen LogP contribution in [0.3, 0.4) is 0 Å². The summed E-state index contributed by atoms with van der Waals surface area (Å²) in [5.74, 6) is 1.68. The monoisotopic (exact) mass is 380 g/mol. The number of rotatable bonds is 6.